The Bertz CT molecular complexity index is 4630. The molecule has 4 N–H and O–H groups in total. The number of nitrogens with zero attached hydrogens (tertiary/aromatic N) is 8. The topological polar surface area (TPSA) is 251 Å². The van der Waals surface area contributed by atoms with Crippen LogP contribution in [0.3, 0.4) is 0 Å². The van der Waals surface area contributed by atoms with Crippen molar-refractivity contribution in [2.24, 2.45) is 19.8 Å². The lowest BCUT2D eigenvalue weighted by Gasteiger charge is -2.39. The average Bonchev–Trinajstić information content (AvgIpc) is 1.64. The van der Waals surface area contributed by atoms with Crippen LogP contribution >= 0.6 is 46.4 Å². The van der Waals surface area contributed by atoms with E-state index in [4.69, 9.17) is 104 Å². The summed E-state index contributed by atoms with van der Waals surface area (Å²) >= 11 is 24.9. The molecule has 0 saturated carbocycles. The van der Waals surface area contributed by atoms with Crippen molar-refractivity contribution in [2.75, 3.05) is 39.6 Å². The first-order valence-electron chi connectivity index (χ1n) is 35.1. The molecule has 6 fully saturated rings. The summed E-state index contributed by atoms with van der Waals surface area (Å²) in [4.78, 5) is 29.8. The Morgan fingerprint density at radius 2 is 0.860 bits per heavy atom. The van der Waals surface area contributed by atoms with Gasteiger partial charge in [-0.3, -0.25) is 9.13 Å². The molecule has 0 bridgehead atoms. The van der Waals surface area contributed by atoms with E-state index in [9.17, 15) is 31.4 Å². The van der Waals surface area contributed by atoms with Crippen LogP contribution in [0.2, 0.25) is 56.5 Å². The number of nitrogens with two attached hydrogens (primary N) is 1. The Morgan fingerprint density at radius 1 is 0.486 bits per heavy atom. The Labute approximate surface area is 636 Å². The van der Waals surface area contributed by atoms with E-state index in [1.165, 1.54) is 54.6 Å². The predicted octanol–water partition coefficient (Wildman–Crippen LogP) is 13.8. The summed E-state index contributed by atoms with van der Waals surface area (Å²) in [5, 5.41) is 11.4. The molecule has 6 aliphatic rings. The van der Waals surface area contributed by atoms with E-state index < -0.39 is 69.9 Å². The largest absolute Gasteiger partial charge is 0.456 e. The number of aromatic amines is 1. The molecule has 12 atom stereocenters. The first-order chi connectivity index (χ1) is 50.6. The maximum absolute atomic E-state index is 14.1. The molecule has 9 aromatic rings. The highest BCUT2D eigenvalue weighted by Gasteiger charge is 2.55. The van der Waals surface area contributed by atoms with Crippen molar-refractivity contribution >= 4 is 96.5 Å². The summed E-state index contributed by atoms with van der Waals surface area (Å²) in [6.07, 6.45) is -2.66. The number of H-pyrrole nitrogens is 1. The number of pyridine rings is 3. The van der Waals surface area contributed by atoms with Crippen molar-refractivity contribution in [3.63, 3.8) is 0 Å². The summed E-state index contributed by atoms with van der Waals surface area (Å²) in [6, 6.07) is 17.3. The monoisotopic (exact) mass is 1600 g/mol. The zero-order valence-corrected chi connectivity index (χ0v) is 66.0. The van der Waals surface area contributed by atoms with Crippen molar-refractivity contribution < 1.29 is 82.9 Å². The summed E-state index contributed by atoms with van der Waals surface area (Å²) in [6.45, 7) is 24.4. The molecule has 22 nitrogen and oxygen atoms in total. The minimum Gasteiger partial charge on any atom is -0.456 e. The molecule has 578 valence electrons. The van der Waals surface area contributed by atoms with Crippen molar-refractivity contribution in [2.45, 2.75) is 183 Å². The van der Waals surface area contributed by atoms with Gasteiger partial charge in [-0.1, -0.05) is 106 Å². The van der Waals surface area contributed by atoms with Crippen LogP contribution < -0.4 is 19.9 Å². The van der Waals surface area contributed by atoms with Gasteiger partial charge in [0.2, 0.25) is 0 Å². The number of hydrogen-bond acceptors (Lipinski definition) is 19. The standard InChI is InChI=1S/C27H34ClF2N3O4Si.C20H18ClF2N3O4.C19H27Cl2N3O4Si.C7H7F2N/c1-27(2,3)38(5,6)37-22-14-35-23-21(13-34-24(22)23)36-26-32-20-12-16(28)19(31-25(20)33(26)4)11-10-15-17(29)8-7-9-18(15)30;21-10-6-14-19(24-13(10)5-4-9-11(22)2-1-3-12(9)23)26-20(25-14)30-16-8-29-17-15(27)7-28-18(16)17;1-19(2,3)29(5,6)28-13-9-26-14-12(8-25-15(13)14)27-18-22-11-7-10(20)16(21)23-17(11)24(18)4;8-6-2-1-3-7(9)5(6)4-10/h7-9,12,21-24H,10-11,13-14H2,1-6H3;1-3,6,15-18,27H,4-5,7-8H2,(H,24,25,26);7,12-15H,8-9H2,1-6H3;1-3H,4,10H2/t21-,22-,23-,24-;15-,16-,17-,18-;12-,13-,14-,15-;/m111./s1. The van der Waals surface area contributed by atoms with Crippen molar-refractivity contribution in [3.8, 4) is 18.0 Å². The van der Waals surface area contributed by atoms with Gasteiger partial charge in [0.05, 0.1) is 83.8 Å². The average molecular weight is 1610 g/mol. The number of benzene rings is 3. The number of nitrogens with one attached hydrogen (secondary N) is 1. The van der Waals surface area contributed by atoms with Crippen LogP contribution in [-0.2, 0) is 83.6 Å². The number of ether oxygens (including phenoxy) is 9. The van der Waals surface area contributed by atoms with Crippen LogP contribution in [0.15, 0.2) is 72.8 Å². The maximum Gasteiger partial charge on any atom is 0.298 e. The minimum atomic E-state index is -1.98. The summed E-state index contributed by atoms with van der Waals surface area (Å²) in [7, 11) is -0.270. The van der Waals surface area contributed by atoms with Crippen LogP contribution in [0.4, 0.5) is 26.3 Å². The van der Waals surface area contributed by atoms with E-state index in [-0.39, 0.29) is 138 Å². The molecule has 107 heavy (non-hydrogen) atoms. The maximum atomic E-state index is 14.1. The van der Waals surface area contributed by atoms with Gasteiger partial charge in [0, 0.05) is 37.3 Å². The predicted molar refractivity (Wildman–Crippen MR) is 395 cm³/mol. The number of aryl methyl sites for hydroxylation is 4. The zero-order valence-electron chi connectivity index (χ0n) is 61.0. The van der Waals surface area contributed by atoms with Gasteiger partial charge in [0.15, 0.2) is 51.9 Å². The molecule has 34 heteroatoms. The number of halogens is 10. The van der Waals surface area contributed by atoms with E-state index in [0.717, 1.165) is 0 Å². The molecule has 3 aromatic carbocycles. The number of imidazole rings is 3. The van der Waals surface area contributed by atoms with Gasteiger partial charge in [-0.05, 0) is 117 Å². The molecule has 12 heterocycles. The summed E-state index contributed by atoms with van der Waals surface area (Å²) in [5.74, 6) is -3.52. The summed E-state index contributed by atoms with van der Waals surface area (Å²) in [5.41, 5.74) is 9.35. The molecule has 0 unspecified atom stereocenters. The van der Waals surface area contributed by atoms with E-state index in [1.54, 1.807) is 34.4 Å². The number of hydrogen-bond donors (Lipinski definition) is 3. The third-order valence-corrected chi connectivity index (χ3v) is 31.2. The fraction of sp³-hybridized carbons (Fsp3) is 0.507. The lowest BCUT2D eigenvalue weighted by atomic mass is 10.1. The van der Waals surface area contributed by atoms with Crippen LogP contribution in [0, 0.1) is 34.9 Å². The van der Waals surface area contributed by atoms with Crippen molar-refractivity contribution in [3.05, 3.63) is 156 Å². The highest BCUT2D eigenvalue weighted by atomic mass is 35.5. The molecule has 6 aromatic heterocycles. The Morgan fingerprint density at radius 3 is 1.31 bits per heavy atom. The van der Waals surface area contributed by atoms with E-state index in [0.29, 0.717) is 98.4 Å². The Balaban J connectivity index is 0.000000142. The van der Waals surface area contributed by atoms with Gasteiger partial charge < -0.3 is 67.3 Å². The fourth-order valence-corrected chi connectivity index (χ4v) is 16.2. The number of aromatic nitrogens is 9. The van der Waals surface area contributed by atoms with Gasteiger partial charge in [-0.2, -0.15) is 15.0 Å². The molecule has 0 amide bonds. The van der Waals surface area contributed by atoms with Gasteiger partial charge >= 0.3 is 0 Å². The second kappa shape index (κ2) is 32.6. The van der Waals surface area contributed by atoms with Crippen LogP contribution in [0.5, 0.6) is 18.0 Å². The first kappa shape index (κ1) is 80.2. The van der Waals surface area contributed by atoms with Crippen LogP contribution in [0.25, 0.3) is 33.5 Å². The fourth-order valence-electron chi connectivity index (χ4n) is 12.8. The smallest absolute Gasteiger partial charge is 0.298 e. The third-order valence-electron chi connectivity index (χ3n) is 20.8. The minimum absolute atomic E-state index is 0.00366. The third kappa shape index (κ3) is 17.4. The molecular formula is C73H86Cl4F6N10O12Si2. The van der Waals surface area contributed by atoms with Crippen molar-refractivity contribution in [1.29, 1.82) is 0 Å². The molecule has 6 aliphatic heterocycles. The zero-order chi connectivity index (χ0) is 76.9. The molecular weight excluding hydrogens is 1520 g/mol. The van der Waals surface area contributed by atoms with Gasteiger partial charge in [0.25, 0.3) is 18.0 Å². The van der Waals surface area contributed by atoms with Crippen LogP contribution in [-0.4, -0.2) is 179 Å². The molecule has 6 saturated heterocycles. The quantitative estimate of drug-likeness (QED) is 0.0435. The SMILES string of the molecule is Cn1c(O[C@@H]2CO[C@H]3[C@@H]2OC[C@H]3O[Si](C)(C)C(C)(C)C)nc2cc(Cl)c(CCc3c(F)cccc3F)nc21.Cn1c(O[C@@H]2CO[C@H]3[C@@H]2OC[C@H]3O[Si](C)(C)C(C)(C)C)nc2cc(Cl)c(Cl)nc21.NCc1c(F)cccc1F.O[C@@H]1CO[C@H]2[C@@H]1OC[C@H]2Oc1nc2nc(CCc3c(F)cccc3F)c(Cl)cc2[nH]1. The molecule has 0 spiro atoms. The molecule has 0 aliphatic carbocycles. The second-order valence-corrected chi connectivity index (χ2v) is 41.2. The van der Waals surface area contributed by atoms with E-state index in [2.05, 4.69) is 103 Å². The van der Waals surface area contributed by atoms with Crippen molar-refractivity contribution in [1.82, 2.24) is 44.0 Å². The van der Waals surface area contributed by atoms with E-state index in [1.807, 2.05) is 7.05 Å². The second-order valence-electron chi connectivity index (χ2n) is 30.1. The number of rotatable bonds is 17. The Kier molecular flexibility index (Phi) is 24.4. The van der Waals surface area contributed by atoms with Gasteiger partial charge in [0.1, 0.15) is 93.8 Å². The number of aliphatic hydroxyl groups excluding tert-OH is 1. The lowest BCUT2D eigenvalue weighted by molar-refractivity contribution is 0.00706. The van der Waals surface area contributed by atoms with E-state index >= 15 is 0 Å². The highest BCUT2D eigenvalue weighted by Crippen LogP contribution is 2.43. The van der Waals surface area contributed by atoms with Gasteiger partial charge in [-0.15, -0.1) is 0 Å². The normalized spacial score (nSPS) is 24.1. The van der Waals surface area contributed by atoms with Gasteiger partial charge in [-0.25, -0.2) is 41.3 Å². The molecule has 0 radical (unpaired) electrons. The molecule has 15 rings (SSSR count). The highest BCUT2D eigenvalue weighted by molar-refractivity contribution is 6.74. The summed E-state index contributed by atoms with van der Waals surface area (Å²) < 4.78 is 151. The Hall–Kier alpha value is -6.31. The number of aliphatic hydroxyl groups is 1. The number of fused-ring (bicyclic) bond motifs is 6. The van der Waals surface area contributed by atoms with Crippen LogP contribution in [0.1, 0.15) is 69.6 Å². The first-order valence-corrected chi connectivity index (χ1v) is 42.4. The lowest BCUT2D eigenvalue weighted by Crippen LogP contribution is -2.47.